The lowest BCUT2D eigenvalue weighted by molar-refractivity contribution is -0.235. The molecule has 4 heteroatoms. The molecule has 0 heterocycles. The lowest BCUT2D eigenvalue weighted by Gasteiger charge is -2.66. The van der Waals surface area contributed by atoms with Crippen molar-refractivity contribution in [3.8, 4) is 0 Å². The van der Waals surface area contributed by atoms with Crippen LogP contribution >= 0.6 is 0 Å². The molecule has 0 aromatic rings. The summed E-state index contributed by atoms with van der Waals surface area (Å²) in [5.74, 6) is 1.24. The van der Waals surface area contributed by atoms with Gasteiger partial charge in [0, 0.05) is 24.4 Å². The highest BCUT2D eigenvalue weighted by Crippen LogP contribution is 2.73. The highest BCUT2D eigenvalue weighted by Gasteiger charge is 2.71. The molecule has 10 atom stereocenters. The highest BCUT2D eigenvalue weighted by atomic mass is 16.5. The van der Waals surface area contributed by atoms with Gasteiger partial charge in [0.05, 0.1) is 23.9 Å². The molecule has 3 fully saturated rings. The standard InChI is InChI=1S/C30H50O4/c1-18(2)15-20(31)16-19(3)21-11-12-29(7)26-24(32)17-23-22(9-10-25(33)27(23,4)5)30(26,34-8)14-13-28(21,29)6/h15,17,19-22,24-26,31-33H,9-14,16H2,1-8H3/t19-,20+,21-,22-,24+,25+,26+,28-,29+,30-/m1/s1. The van der Waals surface area contributed by atoms with E-state index >= 15 is 0 Å². The van der Waals surface area contributed by atoms with Crippen molar-refractivity contribution in [3.63, 3.8) is 0 Å². The number of methoxy groups -OCH3 is 1. The molecule has 4 nitrogen and oxygen atoms in total. The molecule has 3 N–H and O–H groups in total. The summed E-state index contributed by atoms with van der Waals surface area (Å²) in [6.45, 7) is 15.6. The van der Waals surface area contributed by atoms with Gasteiger partial charge in [-0.3, -0.25) is 0 Å². The van der Waals surface area contributed by atoms with Gasteiger partial charge in [-0.25, -0.2) is 0 Å². The smallest absolute Gasteiger partial charge is 0.0805 e. The van der Waals surface area contributed by atoms with Crippen molar-refractivity contribution in [3.05, 3.63) is 23.3 Å². The van der Waals surface area contributed by atoms with Gasteiger partial charge in [0.25, 0.3) is 0 Å². The van der Waals surface area contributed by atoms with Crippen molar-refractivity contribution < 1.29 is 20.1 Å². The molecule has 0 radical (unpaired) electrons. The predicted octanol–water partition coefficient (Wildman–Crippen LogP) is 5.66. The fourth-order valence-corrected chi connectivity index (χ4v) is 9.55. The van der Waals surface area contributed by atoms with E-state index in [0.29, 0.717) is 11.8 Å². The lowest BCUT2D eigenvalue weighted by Crippen LogP contribution is -2.68. The SMILES string of the molecule is CO[C@@]12CC[C@]3(C)[C@@H]([C@H](C)C[C@@H](O)C=C(C)C)CC[C@@]3(C)[C@@H]1[C@@H](O)C=C1[C@H]2CC[C@H](O)C1(C)C. The summed E-state index contributed by atoms with van der Waals surface area (Å²) in [5, 5.41) is 33.2. The van der Waals surface area contributed by atoms with E-state index in [1.807, 2.05) is 27.0 Å². The summed E-state index contributed by atoms with van der Waals surface area (Å²) < 4.78 is 6.54. The summed E-state index contributed by atoms with van der Waals surface area (Å²) in [5.41, 5.74) is 1.71. The Morgan fingerprint density at radius 3 is 2.35 bits per heavy atom. The Labute approximate surface area is 207 Å². The Balaban J connectivity index is 1.71. The Morgan fingerprint density at radius 2 is 1.74 bits per heavy atom. The van der Waals surface area contributed by atoms with Crippen molar-refractivity contribution >= 4 is 0 Å². The minimum atomic E-state index is -0.564. The summed E-state index contributed by atoms with van der Waals surface area (Å²) in [7, 11) is 1.86. The van der Waals surface area contributed by atoms with Crippen LogP contribution in [0.15, 0.2) is 23.3 Å². The van der Waals surface area contributed by atoms with Crippen molar-refractivity contribution in [1.82, 2.24) is 0 Å². The Hall–Kier alpha value is -0.680. The van der Waals surface area contributed by atoms with Crippen molar-refractivity contribution in [1.29, 1.82) is 0 Å². The topological polar surface area (TPSA) is 69.9 Å². The normalized spacial score (nSPS) is 47.0. The third-order valence-electron chi connectivity index (χ3n) is 11.5. The van der Waals surface area contributed by atoms with Crippen LogP contribution in [-0.4, -0.2) is 46.3 Å². The van der Waals surface area contributed by atoms with Crippen molar-refractivity contribution in [2.75, 3.05) is 7.11 Å². The Bertz CT molecular complexity index is 841. The molecule has 0 aromatic carbocycles. The monoisotopic (exact) mass is 474 g/mol. The van der Waals surface area contributed by atoms with Gasteiger partial charge in [0.2, 0.25) is 0 Å². The number of hydrogen-bond acceptors (Lipinski definition) is 4. The van der Waals surface area contributed by atoms with Crippen LogP contribution in [0.2, 0.25) is 0 Å². The molecule has 4 aliphatic rings. The summed E-state index contributed by atoms with van der Waals surface area (Å²) in [6.07, 6.45) is 9.55. The van der Waals surface area contributed by atoms with Gasteiger partial charge in [0.15, 0.2) is 0 Å². The first-order valence-electron chi connectivity index (χ1n) is 13.7. The van der Waals surface area contributed by atoms with Crippen LogP contribution in [0.5, 0.6) is 0 Å². The van der Waals surface area contributed by atoms with Crippen LogP contribution in [0.4, 0.5) is 0 Å². The van der Waals surface area contributed by atoms with Crippen LogP contribution in [0.3, 0.4) is 0 Å². The van der Waals surface area contributed by atoms with E-state index in [0.717, 1.165) is 50.5 Å². The van der Waals surface area contributed by atoms with Gasteiger partial charge in [-0.2, -0.15) is 0 Å². The van der Waals surface area contributed by atoms with E-state index < -0.39 is 12.2 Å². The minimum Gasteiger partial charge on any atom is -0.392 e. The van der Waals surface area contributed by atoms with Crippen LogP contribution < -0.4 is 0 Å². The zero-order valence-electron chi connectivity index (χ0n) is 22.9. The fourth-order valence-electron chi connectivity index (χ4n) is 9.55. The van der Waals surface area contributed by atoms with E-state index in [4.69, 9.17) is 4.74 Å². The zero-order chi connectivity index (χ0) is 25.3. The highest BCUT2D eigenvalue weighted by molar-refractivity contribution is 5.34. The number of allylic oxidation sites excluding steroid dienone is 1. The summed E-state index contributed by atoms with van der Waals surface area (Å²) >= 11 is 0. The molecular weight excluding hydrogens is 424 g/mol. The molecule has 3 saturated carbocycles. The maximum atomic E-state index is 11.8. The molecule has 0 bridgehead atoms. The number of rotatable bonds is 5. The molecule has 0 aromatic heterocycles. The molecule has 194 valence electrons. The van der Waals surface area contributed by atoms with Crippen molar-refractivity contribution in [2.45, 2.75) is 117 Å². The molecule has 0 spiro atoms. The molecule has 0 saturated heterocycles. The van der Waals surface area contributed by atoms with E-state index in [1.165, 1.54) is 5.57 Å². The Morgan fingerprint density at radius 1 is 1.06 bits per heavy atom. The summed E-state index contributed by atoms with van der Waals surface area (Å²) in [4.78, 5) is 0. The van der Waals surface area contributed by atoms with Crippen LogP contribution in [0.1, 0.15) is 93.4 Å². The average Bonchev–Trinajstić information content (AvgIpc) is 3.01. The quantitative estimate of drug-likeness (QED) is 0.450. The van der Waals surface area contributed by atoms with Crippen LogP contribution in [-0.2, 0) is 4.74 Å². The van der Waals surface area contributed by atoms with Gasteiger partial charge in [-0.05, 0) is 81.5 Å². The van der Waals surface area contributed by atoms with Gasteiger partial charge in [-0.15, -0.1) is 0 Å². The van der Waals surface area contributed by atoms with Crippen LogP contribution in [0, 0.1) is 39.9 Å². The first kappa shape index (κ1) is 26.4. The zero-order valence-corrected chi connectivity index (χ0v) is 22.9. The number of aliphatic hydroxyl groups is 3. The largest absolute Gasteiger partial charge is 0.392 e. The second kappa shape index (κ2) is 8.71. The minimum absolute atomic E-state index is 0.0384. The van der Waals surface area contributed by atoms with Crippen molar-refractivity contribution in [2.24, 2.45) is 39.9 Å². The van der Waals surface area contributed by atoms with E-state index in [9.17, 15) is 15.3 Å². The fraction of sp³-hybridized carbons (Fsp3) is 0.867. The molecule has 0 aliphatic heterocycles. The Kier molecular flexibility index (Phi) is 6.76. The first-order valence-corrected chi connectivity index (χ1v) is 13.7. The molecular formula is C30H50O4. The van der Waals surface area contributed by atoms with E-state index in [1.54, 1.807) is 0 Å². The molecule has 34 heavy (non-hydrogen) atoms. The number of ether oxygens (including phenoxy) is 1. The van der Waals surface area contributed by atoms with Gasteiger partial charge in [-0.1, -0.05) is 57.9 Å². The number of hydrogen-bond donors (Lipinski definition) is 3. The molecule has 4 aliphatic carbocycles. The van der Waals surface area contributed by atoms with Gasteiger partial charge in [0.1, 0.15) is 0 Å². The predicted molar refractivity (Wildman–Crippen MR) is 137 cm³/mol. The lowest BCUT2D eigenvalue weighted by atomic mass is 9.41. The second-order valence-electron chi connectivity index (χ2n) is 13.6. The maximum Gasteiger partial charge on any atom is 0.0805 e. The molecule has 4 rings (SSSR count). The second-order valence-corrected chi connectivity index (χ2v) is 13.6. The number of fused-ring (bicyclic) bond motifs is 5. The first-order chi connectivity index (χ1) is 15.7. The number of aliphatic hydroxyl groups excluding tert-OH is 3. The molecule has 0 amide bonds. The van der Waals surface area contributed by atoms with E-state index in [2.05, 4.69) is 40.7 Å². The van der Waals surface area contributed by atoms with E-state index in [-0.39, 0.29) is 39.8 Å². The average molecular weight is 475 g/mol. The van der Waals surface area contributed by atoms with Gasteiger partial charge >= 0.3 is 0 Å². The van der Waals surface area contributed by atoms with Crippen LogP contribution in [0.25, 0.3) is 0 Å². The third-order valence-corrected chi connectivity index (χ3v) is 11.5. The summed E-state index contributed by atoms with van der Waals surface area (Å²) in [6, 6.07) is 0. The third kappa shape index (κ3) is 3.61. The maximum absolute atomic E-state index is 11.8. The molecule has 0 unspecified atom stereocenters. The van der Waals surface area contributed by atoms with Gasteiger partial charge < -0.3 is 20.1 Å².